The van der Waals surface area contributed by atoms with Crippen LogP contribution in [0, 0.1) is 22.7 Å². The Hall–Kier alpha value is -2.45. The van der Waals surface area contributed by atoms with E-state index in [0.29, 0.717) is 20.8 Å². The number of aromatic amines is 1. The highest BCUT2D eigenvalue weighted by molar-refractivity contribution is 8.00. The summed E-state index contributed by atoms with van der Waals surface area (Å²) in [4.78, 5) is 15.1. The molecule has 1 heterocycles. The molecular formula is C16H12Cl2N5OS+. The summed E-state index contributed by atoms with van der Waals surface area (Å²) in [5, 5.41) is 21.5. The number of nitrogens with zero attached hydrogens (tertiary/aromatic N) is 2. The van der Waals surface area contributed by atoms with E-state index < -0.39 is 5.25 Å². The van der Waals surface area contributed by atoms with Crippen LogP contribution in [0.4, 0.5) is 11.5 Å². The monoisotopic (exact) mass is 392 g/mol. The van der Waals surface area contributed by atoms with Crippen LogP contribution in [0.25, 0.3) is 0 Å². The Morgan fingerprint density at radius 1 is 1.28 bits per heavy atom. The van der Waals surface area contributed by atoms with Crippen LogP contribution in [-0.2, 0) is 4.79 Å². The normalized spacial score (nSPS) is 11.2. The van der Waals surface area contributed by atoms with Crippen molar-refractivity contribution in [1.82, 2.24) is 0 Å². The van der Waals surface area contributed by atoms with Gasteiger partial charge in [0.15, 0.2) is 5.03 Å². The third-order valence-electron chi connectivity index (χ3n) is 3.17. The maximum Gasteiger partial charge on any atom is 0.289 e. The molecule has 1 amide bonds. The summed E-state index contributed by atoms with van der Waals surface area (Å²) < 4.78 is 0. The van der Waals surface area contributed by atoms with Crippen LogP contribution >= 0.6 is 35.0 Å². The van der Waals surface area contributed by atoms with Crippen molar-refractivity contribution >= 4 is 52.4 Å². The lowest BCUT2D eigenvalue weighted by atomic mass is 10.2. The number of H-pyrrole nitrogens is 1. The van der Waals surface area contributed by atoms with Crippen molar-refractivity contribution in [1.29, 1.82) is 10.5 Å². The van der Waals surface area contributed by atoms with Crippen LogP contribution in [0.15, 0.2) is 29.3 Å². The smallest absolute Gasteiger partial charge is 0.289 e. The number of hydrogen-bond acceptors (Lipinski definition) is 5. The number of pyridine rings is 1. The summed E-state index contributed by atoms with van der Waals surface area (Å²) >= 11 is 13.0. The Kier molecular flexibility index (Phi) is 6.11. The number of benzene rings is 1. The molecule has 0 saturated carbocycles. The van der Waals surface area contributed by atoms with Crippen molar-refractivity contribution < 1.29 is 9.78 Å². The lowest BCUT2D eigenvalue weighted by Gasteiger charge is -2.12. The first-order chi connectivity index (χ1) is 11.8. The van der Waals surface area contributed by atoms with Crippen molar-refractivity contribution in [3.05, 3.63) is 45.4 Å². The molecule has 1 aromatic heterocycles. The number of anilines is 2. The van der Waals surface area contributed by atoms with Crippen molar-refractivity contribution in [3.8, 4) is 12.1 Å². The van der Waals surface area contributed by atoms with E-state index in [2.05, 4.69) is 10.3 Å². The molecule has 4 N–H and O–H groups in total. The SMILES string of the molecule is C[C@@H](Sc1[nH+]c(N)c(C#N)cc1C#N)C(=O)Nc1ccc(Cl)cc1Cl. The number of nitrogens with two attached hydrogens (primary N) is 1. The number of nitriles is 2. The first kappa shape index (κ1) is 18.9. The van der Waals surface area contributed by atoms with Crippen LogP contribution in [-0.4, -0.2) is 11.2 Å². The number of thioether (sulfide) groups is 1. The van der Waals surface area contributed by atoms with Gasteiger partial charge in [-0.2, -0.15) is 10.5 Å². The number of carbonyl (C=O) groups is 1. The van der Waals surface area contributed by atoms with E-state index in [1.54, 1.807) is 19.1 Å². The van der Waals surface area contributed by atoms with E-state index in [1.165, 1.54) is 12.1 Å². The lowest BCUT2D eigenvalue weighted by molar-refractivity contribution is -0.410. The Labute approximate surface area is 158 Å². The molecule has 2 aromatic rings. The fourth-order valence-corrected chi connectivity index (χ4v) is 3.24. The molecule has 0 aliphatic rings. The van der Waals surface area contributed by atoms with Gasteiger partial charge in [0.05, 0.1) is 16.0 Å². The first-order valence-corrected chi connectivity index (χ1v) is 8.57. The number of nitrogen functional groups attached to an aromatic ring is 1. The minimum Gasteiger partial charge on any atom is -0.324 e. The number of rotatable bonds is 4. The number of amides is 1. The highest BCUT2D eigenvalue weighted by Gasteiger charge is 2.22. The fourth-order valence-electron chi connectivity index (χ4n) is 1.87. The zero-order chi connectivity index (χ0) is 18.6. The molecule has 2 rings (SSSR count). The van der Waals surface area contributed by atoms with E-state index in [0.717, 1.165) is 11.8 Å². The number of nitrogens with one attached hydrogen (secondary N) is 2. The molecule has 126 valence electrons. The molecular weight excluding hydrogens is 381 g/mol. The van der Waals surface area contributed by atoms with Crippen LogP contribution in [0.5, 0.6) is 0 Å². The quantitative estimate of drug-likeness (QED) is 0.774. The topological polar surface area (TPSA) is 117 Å². The highest BCUT2D eigenvalue weighted by Crippen LogP contribution is 2.28. The summed E-state index contributed by atoms with van der Waals surface area (Å²) in [6.45, 7) is 1.67. The lowest BCUT2D eigenvalue weighted by Crippen LogP contribution is -2.25. The molecule has 1 atom stereocenters. The molecule has 0 saturated heterocycles. The van der Waals surface area contributed by atoms with Gasteiger partial charge in [0, 0.05) is 5.02 Å². The number of aromatic nitrogens is 1. The third kappa shape index (κ3) is 4.55. The maximum atomic E-state index is 12.4. The molecule has 0 aliphatic heterocycles. The Morgan fingerprint density at radius 2 is 1.96 bits per heavy atom. The Balaban J connectivity index is 2.18. The van der Waals surface area contributed by atoms with Gasteiger partial charge >= 0.3 is 0 Å². The van der Waals surface area contributed by atoms with Gasteiger partial charge in [0.1, 0.15) is 23.3 Å². The molecule has 0 fully saturated rings. The molecule has 0 spiro atoms. The zero-order valence-electron chi connectivity index (χ0n) is 12.9. The summed E-state index contributed by atoms with van der Waals surface area (Å²) in [5.74, 6) is -0.174. The predicted octanol–water partition coefficient (Wildman–Crippen LogP) is 3.25. The van der Waals surface area contributed by atoms with Crippen LogP contribution in [0.1, 0.15) is 18.1 Å². The van der Waals surface area contributed by atoms with Gasteiger partial charge in [-0.1, -0.05) is 35.0 Å². The fraction of sp³-hybridized carbons (Fsp3) is 0.125. The van der Waals surface area contributed by atoms with Gasteiger partial charge < -0.3 is 5.32 Å². The second kappa shape index (κ2) is 8.09. The molecule has 1 aromatic carbocycles. The summed E-state index contributed by atoms with van der Waals surface area (Å²) in [6, 6.07) is 10.0. The molecule has 0 aliphatic carbocycles. The third-order valence-corrected chi connectivity index (χ3v) is 4.84. The minimum absolute atomic E-state index is 0.136. The predicted molar refractivity (Wildman–Crippen MR) is 97.3 cm³/mol. The second-order valence-electron chi connectivity index (χ2n) is 4.94. The van der Waals surface area contributed by atoms with Crippen LogP contribution in [0.3, 0.4) is 0 Å². The van der Waals surface area contributed by atoms with Crippen molar-refractivity contribution in [3.63, 3.8) is 0 Å². The molecule has 6 nitrogen and oxygen atoms in total. The van der Waals surface area contributed by atoms with Gasteiger partial charge in [-0.25, -0.2) is 4.98 Å². The van der Waals surface area contributed by atoms with Gasteiger partial charge in [-0.05, 0) is 31.2 Å². The standard InChI is InChI=1S/C16H11Cl2N5OS/c1-8(15(24)22-13-3-2-11(17)5-12(13)18)25-16-10(7-20)4-9(6-19)14(21)23-16/h2-5,8H,1H3,(H2,21,23)(H,22,24)/p+1/t8-/m1/s1. The molecule has 25 heavy (non-hydrogen) atoms. The van der Waals surface area contributed by atoms with E-state index in [-0.39, 0.29) is 22.9 Å². The average molecular weight is 393 g/mol. The average Bonchev–Trinajstić information content (AvgIpc) is 2.57. The van der Waals surface area contributed by atoms with Crippen molar-refractivity contribution in [2.24, 2.45) is 0 Å². The van der Waals surface area contributed by atoms with Gasteiger partial charge in [-0.3, -0.25) is 10.5 Å². The van der Waals surface area contributed by atoms with Crippen molar-refractivity contribution in [2.75, 3.05) is 11.1 Å². The zero-order valence-corrected chi connectivity index (χ0v) is 15.3. The molecule has 0 bridgehead atoms. The summed E-state index contributed by atoms with van der Waals surface area (Å²) in [5.41, 5.74) is 6.58. The number of carbonyl (C=O) groups excluding carboxylic acids is 1. The Bertz CT molecular complexity index is 920. The number of halogens is 2. The van der Waals surface area contributed by atoms with E-state index >= 15 is 0 Å². The van der Waals surface area contributed by atoms with Gasteiger partial charge in [-0.15, -0.1) is 0 Å². The highest BCUT2D eigenvalue weighted by atomic mass is 35.5. The molecule has 0 unspecified atom stereocenters. The molecule has 9 heteroatoms. The van der Waals surface area contributed by atoms with Crippen LogP contribution < -0.4 is 16.0 Å². The van der Waals surface area contributed by atoms with E-state index in [9.17, 15) is 10.1 Å². The van der Waals surface area contributed by atoms with Gasteiger partial charge in [0.25, 0.3) is 5.82 Å². The maximum absolute atomic E-state index is 12.4. The van der Waals surface area contributed by atoms with E-state index in [1.807, 2.05) is 12.1 Å². The number of hydrogen-bond donors (Lipinski definition) is 2. The summed E-state index contributed by atoms with van der Waals surface area (Å²) in [6.07, 6.45) is 0. The second-order valence-corrected chi connectivity index (χ2v) is 7.13. The summed E-state index contributed by atoms with van der Waals surface area (Å²) in [7, 11) is 0. The minimum atomic E-state index is -0.553. The Morgan fingerprint density at radius 3 is 2.56 bits per heavy atom. The van der Waals surface area contributed by atoms with Crippen LogP contribution in [0.2, 0.25) is 10.0 Å². The van der Waals surface area contributed by atoms with E-state index in [4.69, 9.17) is 34.2 Å². The largest absolute Gasteiger partial charge is 0.324 e. The van der Waals surface area contributed by atoms with Gasteiger partial charge in [0.2, 0.25) is 5.91 Å². The first-order valence-electron chi connectivity index (χ1n) is 6.94. The van der Waals surface area contributed by atoms with Crippen molar-refractivity contribution in [2.45, 2.75) is 17.2 Å². The molecule has 0 radical (unpaired) electrons.